The third kappa shape index (κ3) is 0. The molecule has 0 amide bonds. The van der Waals surface area contributed by atoms with Crippen molar-refractivity contribution in [3.63, 3.8) is 0 Å². The van der Waals surface area contributed by atoms with E-state index in [1.807, 2.05) is 125 Å². The molecule has 0 saturated heterocycles. The Labute approximate surface area is 140 Å². The second kappa shape index (κ2) is 0. The van der Waals surface area contributed by atoms with Crippen LogP contribution in [0.25, 0.3) is 0 Å². The average Bonchev–Trinajstić information content (AvgIpc) is 2.63. The van der Waals surface area contributed by atoms with Gasteiger partial charge in [0.2, 0.25) is 0 Å². The largest absolute Gasteiger partial charge is 0.0776 e. The van der Waals surface area contributed by atoms with E-state index < -0.39 is 0 Å². The van der Waals surface area contributed by atoms with Crippen LogP contribution in [0.3, 0.4) is 0 Å². The Kier molecular flexibility index (Phi) is 0. The second-order valence-corrected chi connectivity index (χ2v) is 0. The molecule has 0 aliphatic heterocycles. The van der Waals surface area contributed by atoms with Crippen molar-refractivity contribution in [2.24, 2.45) is 0 Å². The lowest BCUT2D eigenvalue weighted by atomic mass is 11.0. The molecular weight excluding hydrogens is 240 g/mol. The van der Waals surface area contributed by atoms with Crippen LogP contribution >= 0.6 is 0 Å². The molecule has 0 heteroatoms. The molecule has 0 saturated carbocycles. The van der Waals surface area contributed by atoms with E-state index in [4.69, 9.17) is 0 Å². The van der Waals surface area contributed by atoms with Gasteiger partial charge in [-0.15, -0.1) is 0 Å². The minimum Gasteiger partial charge on any atom is -0.0776 e. The Bertz CT molecular complexity index is 0. The Morgan fingerprint density at radius 3 is 0.150 bits per heavy atom. The first-order valence-electron chi connectivity index (χ1n) is 9.00. The zero-order chi connectivity index (χ0) is 18.0. The summed E-state index contributed by atoms with van der Waals surface area (Å²) in [4.78, 5) is 0. The molecule has 0 heterocycles. The molecule has 0 fully saturated rings. The van der Waals surface area contributed by atoms with Gasteiger partial charge in [0.15, 0.2) is 0 Å². The lowest BCUT2D eigenvalue weighted by Gasteiger charge is -1.07. The predicted octanol–water partition coefficient (Wildman–Crippen LogP) is 10.5. The van der Waals surface area contributed by atoms with Crippen molar-refractivity contribution in [1.82, 2.24) is 0 Å². The molecule has 0 N–H and O–H groups in total. The molecule has 0 aromatic carbocycles. The standard InChI is InChI=1S/9C2H6.2CH4/c9*1-2;;/h9*1-2H3;2*1H4. The molecule has 0 radical (unpaired) electrons. The molecule has 0 aromatic heterocycles. The maximum atomic E-state index is 2.00. The fraction of sp³-hybridized carbons (Fsp3) is 1.00. The van der Waals surface area contributed by atoms with E-state index in [9.17, 15) is 0 Å². The molecular formula is C20H62. The van der Waals surface area contributed by atoms with E-state index in [0.717, 1.165) is 0 Å². The first kappa shape index (κ1) is 89.1. The Morgan fingerprint density at radius 2 is 0.150 bits per heavy atom. The summed E-state index contributed by atoms with van der Waals surface area (Å²) in [5.41, 5.74) is 0. The summed E-state index contributed by atoms with van der Waals surface area (Å²) in [5.74, 6) is 0. The highest BCUT2D eigenvalue weighted by molar-refractivity contribution is 3.52. The molecule has 0 rings (SSSR count). The van der Waals surface area contributed by atoms with Crippen LogP contribution in [0.5, 0.6) is 0 Å². The van der Waals surface area contributed by atoms with Gasteiger partial charge in [0.1, 0.15) is 0 Å². The molecule has 0 atom stereocenters. The summed E-state index contributed by atoms with van der Waals surface area (Å²) in [6, 6.07) is 0. The third-order valence-electron chi connectivity index (χ3n) is 0. The number of rotatable bonds is 0. The van der Waals surface area contributed by atoms with Crippen molar-refractivity contribution in [3.05, 3.63) is 0 Å². The fourth-order valence-corrected chi connectivity index (χ4v) is 0. The van der Waals surface area contributed by atoms with Gasteiger partial charge in [-0.1, -0.05) is 139 Å². The van der Waals surface area contributed by atoms with Crippen LogP contribution in [0.2, 0.25) is 0 Å². The molecule has 0 unspecified atom stereocenters. The first-order valence-corrected chi connectivity index (χ1v) is 9.00. The quantitative estimate of drug-likeness (QED) is 0.417. The Balaban J connectivity index is -0.00000000500. The van der Waals surface area contributed by atoms with Gasteiger partial charge in [0.25, 0.3) is 0 Å². The van der Waals surface area contributed by atoms with Crippen LogP contribution < -0.4 is 0 Å². The van der Waals surface area contributed by atoms with Crippen LogP contribution in [0, 0.1) is 0 Å². The van der Waals surface area contributed by atoms with E-state index in [0.29, 0.717) is 0 Å². The predicted molar refractivity (Wildman–Crippen MR) is 116 cm³/mol. The van der Waals surface area contributed by atoms with Crippen molar-refractivity contribution in [2.75, 3.05) is 0 Å². The fourth-order valence-electron chi connectivity index (χ4n) is 0. The summed E-state index contributed by atoms with van der Waals surface area (Å²) in [7, 11) is 0. The normalized spacial score (nSPS) is 2.70. The molecule has 0 nitrogen and oxygen atoms in total. The minimum atomic E-state index is 0. The summed E-state index contributed by atoms with van der Waals surface area (Å²) < 4.78 is 0. The van der Waals surface area contributed by atoms with Crippen molar-refractivity contribution in [3.8, 4) is 0 Å². The summed E-state index contributed by atoms with van der Waals surface area (Å²) >= 11 is 0. The van der Waals surface area contributed by atoms with Crippen molar-refractivity contribution < 1.29 is 0 Å². The number of hydrogen-bond donors (Lipinski definition) is 0. The van der Waals surface area contributed by atoms with Gasteiger partial charge in [0, 0.05) is 0 Å². The van der Waals surface area contributed by atoms with Crippen LogP contribution in [0.4, 0.5) is 0 Å². The topological polar surface area (TPSA) is 0 Å². The van der Waals surface area contributed by atoms with Gasteiger partial charge in [-0.25, -0.2) is 0 Å². The van der Waals surface area contributed by atoms with Crippen LogP contribution in [0.1, 0.15) is 139 Å². The van der Waals surface area contributed by atoms with Gasteiger partial charge >= 0.3 is 0 Å². The number of hydrogen-bond acceptors (Lipinski definition) is 0. The van der Waals surface area contributed by atoms with Crippen LogP contribution in [-0.4, -0.2) is 0 Å². The molecule has 20 heavy (non-hydrogen) atoms. The van der Waals surface area contributed by atoms with E-state index in [1.165, 1.54) is 0 Å². The van der Waals surface area contributed by atoms with E-state index in [2.05, 4.69) is 0 Å². The maximum Gasteiger partial charge on any atom is -0.0683 e. The van der Waals surface area contributed by atoms with Gasteiger partial charge in [-0.3, -0.25) is 0 Å². The summed E-state index contributed by atoms with van der Waals surface area (Å²) in [5, 5.41) is 0. The summed E-state index contributed by atoms with van der Waals surface area (Å²) in [6.45, 7) is 36.0. The van der Waals surface area contributed by atoms with Crippen molar-refractivity contribution >= 4 is 0 Å². The van der Waals surface area contributed by atoms with Gasteiger partial charge in [0.05, 0.1) is 0 Å². The van der Waals surface area contributed by atoms with E-state index in [-0.39, 0.29) is 14.9 Å². The maximum absolute atomic E-state index is 2.00. The molecule has 0 aliphatic carbocycles. The zero-order valence-electron chi connectivity index (χ0n) is 18.0. The monoisotopic (exact) mass is 302 g/mol. The van der Waals surface area contributed by atoms with Crippen LogP contribution in [0.15, 0.2) is 0 Å². The first-order chi connectivity index (χ1) is 9.00. The Morgan fingerprint density at radius 1 is 0.150 bits per heavy atom. The summed E-state index contributed by atoms with van der Waals surface area (Å²) in [6.07, 6.45) is 0. The van der Waals surface area contributed by atoms with Crippen molar-refractivity contribution in [2.45, 2.75) is 139 Å². The highest BCUT2D eigenvalue weighted by Gasteiger charge is 0.948. The highest BCUT2D eigenvalue weighted by Crippen LogP contribution is 1.16. The van der Waals surface area contributed by atoms with Gasteiger partial charge in [-0.05, 0) is 0 Å². The second-order valence-electron chi connectivity index (χ2n) is 0. The SMILES string of the molecule is C.C.CC.CC.CC.CC.CC.CC.CC.CC.CC. The van der Waals surface area contributed by atoms with Gasteiger partial charge < -0.3 is 0 Å². The molecule has 0 aliphatic rings. The van der Waals surface area contributed by atoms with Gasteiger partial charge in [-0.2, -0.15) is 0 Å². The third-order valence-corrected chi connectivity index (χ3v) is 0. The van der Waals surface area contributed by atoms with E-state index >= 15 is 0 Å². The highest BCUT2D eigenvalue weighted by atomic mass is 13.0. The minimum absolute atomic E-state index is 0. The molecule has 0 spiro atoms. The van der Waals surface area contributed by atoms with Crippen LogP contribution in [-0.2, 0) is 0 Å². The lowest BCUT2D eigenvalue weighted by molar-refractivity contribution is 1.50. The molecule has 142 valence electrons. The van der Waals surface area contributed by atoms with Crippen molar-refractivity contribution in [1.29, 1.82) is 0 Å². The molecule has 0 bridgehead atoms. The zero-order valence-corrected chi connectivity index (χ0v) is 18.0. The smallest absolute Gasteiger partial charge is 0.0683 e. The Hall–Kier alpha value is 0. The average molecular weight is 303 g/mol. The molecule has 0 aromatic rings. The van der Waals surface area contributed by atoms with E-state index in [1.54, 1.807) is 0 Å². The lowest BCUT2D eigenvalue weighted by Crippen LogP contribution is -0.856.